The second kappa shape index (κ2) is 3.58. The van der Waals surface area contributed by atoms with E-state index in [4.69, 9.17) is 9.84 Å². The highest BCUT2D eigenvalue weighted by molar-refractivity contribution is 5.90. The fourth-order valence-electron chi connectivity index (χ4n) is 1.29. The molecule has 13 heavy (non-hydrogen) atoms. The van der Waals surface area contributed by atoms with Gasteiger partial charge in [0.15, 0.2) is 0 Å². The largest absolute Gasteiger partial charge is 0.485 e. The Labute approximate surface area is 76.7 Å². The van der Waals surface area contributed by atoms with Crippen LogP contribution >= 0.6 is 0 Å². The first-order valence-corrected chi connectivity index (χ1v) is 4.29. The van der Waals surface area contributed by atoms with Crippen LogP contribution in [0.3, 0.4) is 0 Å². The maximum absolute atomic E-state index is 8.73. The molecule has 0 saturated carbocycles. The van der Waals surface area contributed by atoms with E-state index < -0.39 is 0 Å². The van der Waals surface area contributed by atoms with E-state index >= 15 is 0 Å². The molecular formula is C10H11NO2. The van der Waals surface area contributed by atoms with Crippen LogP contribution in [0, 0.1) is 0 Å². The molecule has 1 aliphatic heterocycles. The van der Waals surface area contributed by atoms with Crippen LogP contribution in [0.25, 0.3) is 0 Å². The van der Waals surface area contributed by atoms with Crippen molar-refractivity contribution in [2.75, 3.05) is 13.2 Å². The van der Waals surface area contributed by atoms with Gasteiger partial charge in [0.2, 0.25) is 0 Å². The molecule has 0 aliphatic carbocycles. The lowest BCUT2D eigenvalue weighted by Crippen LogP contribution is -2.16. The van der Waals surface area contributed by atoms with E-state index in [0.717, 1.165) is 17.1 Å². The maximum atomic E-state index is 8.73. The van der Waals surface area contributed by atoms with E-state index in [-0.39, 0.29) is 6.61 Å². The molecule has 0 atom stereocenters. The van der Waals surface area contributed by atoms with Gasteiger partial charge in [-0.2, -0.15) is 0 Å². The van der Waals surface area contributed by atoms with Gasteiger partial charge in [-0.1, -0.05) is 12.1 Å². The van der Waals surface area contributed by atoms with Gasteiger partial charge in [0.1, 0.15) is 18.0 Å². The van der Waals surface area contributed by atoms with Crippen molar-refractivity contribution in [3.8, 4) is 5.75 Å². The predicted molar refractivity (Wildman–Crippen MR) is 50.7 cm³/mol. The molecule has 1 aromatic carbocycles. The topological polar surface area (TPSA) is 41.8 Å². The van der Waals surface area contributed by atoms with Crippen LogP contribution in [0.5, 0.6) is 5.75 Å². The Hall–Kier alpha value is -1.35. The van der Waals surface area contributed by atoms with Gasteiger partial charge in [0.25, 0.3) is 0 Å². The first-order valence-electron chi connectivity index (χ1n) is 4.29. The molecule has 0 saturated heterocycles. The fraction of sp³-hybridized carbons (Fsp3) is 0.300. The summed E-state index contributed by atoms with van der Waals surface area (Å²) in [6.07, 6.45) is 0.592. The average Bonchev–Trinajstić information content (AvgIpc) is 2.18. The van der Waals surface area contributed by atoms with Gasteiger partial charge >= 0.3 is 0 Å². The summed E-state index contributed by atoms with van der Waals surface area (Å²) < 4.78 is 5.45. The average molecular weight is 177 g/mol. The quantitative estimate of drug-likeness (QED) is 0.744. The zero-order valence-electron chi connectivity index (χ0n) is 7.23. The van der Waals surface area contributed by atoms with Crippen molar-refractivity contribution in [3.63, 3.8) is 0 Å². The fourth-order valence-corrected chi connectivity index (χ4v) is 1.29. The second-order valence-electron chi connectivity index (χ2n) is 2.91. The van der Waals surface area contributed by atoms with Gasteiger partial charge in [0, 0.05) is 13.0 Å². The summed E-state index contributed by atoms with van der Waals surface area (Å²) in [6, 6.07) is 7.65. The standard InChI is InChI=1S/C10H11NO2/c12-6-5-8-7-13-10-4-2-1-3-9(10)11-8/h1-4,12H,5-7H2. The number of benzene rings is 1. The third-order valence-electron chi connectivity index (χ3n) is 1.94. The number of hydrogen-bond donors (Lipinski definition) is 1. The molecule has 3 heteroatoms. The Bertz CT molecular complexity index is 333. The molecule has 2 rings (SSSR count). The van der Waals surface area contributed by atoms with Gasteiger partial charge in [-0.15, -0.1) is 0 Å². The summed E-state index contributed by atoms with van der Waals surface area (Å²) in [4.78, 5) is 4.37. The number of nitrogens with zero attached hydrogens (tertiary/aromatic N) is 1. The monoisotopic (exact) mass is 177 g/mol. The van der Waals surface area contributed by atoms with Crippen LogP contribution in [-0.2, 0) is 0 Å². The van der Waals surface area contributed by atoms with Crippen molar-refractivity contribution in [1.82, 2.24) is 0 Å². The van der Waals surface area contributed by atoms with Crippen molar-refractivity contribution >= 4 is 11.4 Å². The Morgan fingerprint density at radius 3 is 3.08 bits per heavy atom. The highest BCUT2D eigenvalue weighted by Crippen LogP contribution is 2.29. The zero-order chi connectivity index (χ0) is 9.10. The Morgan fingerprint density at radius 2 is 2.23 bits per heavy atom. The number of fused-ring (bicyclic) bond motifs is 1. The Kier molecular flexibility index (Phi) is 2.27. The number of para-hydroxylation sites is 2. The summed E-state index contributed by atoms with van der Waals surface area (Å²) in [5.74, 6) is 0.823. The molecule has 0 unspecified atom stereocenters. The molecule has 0 fully saturated rings. The van der Waals surface area contributed by atoms with E-state index in [9.17, 15) is 0 Å². The minimum atomic E-state index is 0.129. The summed E-state index contributed by atoms with van der Waals surface area (Å²) in [6.45, 7) is 0.627. The Balaban J connectivity index is 2.28. The molecule has 1 N–H and O–H groups in total. The number of aliphatic hydroxyl groups excluding tert-OH is 1. The van der Waals surface area contributed by atoms with Gasteiger partial charge in [-0.25, -0.2) is 0 Å². The van der Waals surface area contributed by atoms with Crippen molar-refractivity contribution in [2.45, 2.75) is 6.42 Å². The van der Waals surface area contributed by atoms with Crippen LogP contribution in [0.4, 0.5) is 5.69 Å². The minimum absolute atomic E-state index is 0.129. The van der Waals surface area contributed by atoms with Gasteiger partial charge in [-0.05, 0) is 12.1 Å². The molecule has 1 heterocycles. The van der Waals surface area contributed by atoms with E-state index in [0.29, 0.717) is 13.0 Å². The van der Waals surface area contributed by atoms with Crippen LogP contribution in [0.15, 0.2) is 29.3 Å². The van der Waals surface area contributed by atoms with Crippen molar-refractivity contribution in [2.24, 2.45) is 4.99 Å². The lowest BCUT2D eigenvalue weighted by Gasteiger charge is -2.15. The number of aliphatic imine (C=N–C) groups is 1. The molecule has 68 valence electrons. The summed E-state index contributed by atoms with van der Waals surface area (Å²) in [7, 11) is 0. The predicted octanol–water partition coefficient (Wildman–Crippen LogP) is 1.53. The third-order valence-corrected chi connectivity index (χ3v) is 1.94. The first-order chi connectivity index (χ1) is 6.40. The molecule has 0 bridgehead atoms. The lowest BCUT2D eigenvalue weighted by molar-refractivity contribution is 0.300. The smallest absolute Gasteiger partial charge is 0.145 e. The molecule has 0 amide bonds. The second-order valence-corrected chi connectivity index (χ2v) is 2.91. The zero-order valence-corrected chi connectivity index (χ0v) is 7.23. The van der Waals surface area contributed by atoms with Crippen LogP contribution in [-0.4, -0.2) is 24.0 Å². The Morgan fingerprint density at radius 1 is 1.38 bits per heavy atom. The maximum Gasteiger partial charge on any atom is 0.145 e. The number of aliphatic hydroxyl groups is 1. The first kappa shape index (κ1) is 8.26. The third kappa shape index (κ3) is 1.70. The van der Waals surface area contributed by atoms with Gasteiger partial charge in [0.05, 0.1) is 5.71 Å². The summed E-state index contributed by atoms with van der Waals surface area (Å²) in [5, 5.41) is 8.73. The summed E-state index contributed by atoms with van der Waals surface area (Å²) in [5.41, 5.74) is 1.76. The minimum Gasteiger partial charge on any atom is -0.485 e. The molecular weight excluding hydrogens is 166 g/mol. The molecule has 0 spiro atoms. The van der Waals surface area contributed by atoms with Crippen LogP contribution < -0.4 is 4.74 Å². The van der Waals surface area contributed by atoms with Crippen molar-refractivity contribution in [1.29, 1.82) is 0 Å². The molecule has 3 nitrogen and oxygen atoms in total. The number of rotatable bonds is 2. The molecule has 1 aromatic rings. The molecule has 0 aromatic heterocycles. The SMILES string of the molecule is OCCC1=Nc2ccccc2OC1. The van der Waals surface area contributed by atoms with E-state index in [1.54, 1.807) is 0 Å². The molecule has 0 radical (unpaired) electrons. The molecule has 1 aliphatic rings. The van der Waals surface area contributed by atoms with Gasteiger partial charge < -0.3 is 9.84 Å². The van der Waals surface area contributed by atoms with Crippen molar-refractivity contribution in [3.05, 3.63) is 24.3 Å². The normalized spacial score (nSPS) is 14.4. The highest BCUT2D eigenvalue weighted by Gasteiger charge is 2.10. The number of ether oxygens (including phenoxy) is 1. The van der Waals surface area contributed by atoms with Crippen molar-refractivity contribution < 1.29 is 9.84 Å². The lowest BCUT2D eigenvalue weighted by atomic mass is 10.2. The van der Waals surface area contributed by atoms with Gasteiger partial charge in [-0.3, -0.25) is 4.99 Å². The number of hydrogen-bond acceptors (Lipinski definition) is 3. The van der Waals surface area contributed by atoms with Crippen LogP contribution in [0.2, 0.25) is 0 Å². The van der Waals surface area contributed by atoms with E-state index in [1.807, 2.05) is 24.3 Å². The van der Waals surface area contributed by atoms with Crippen LogP contribution in [0.1, 0.15) is 6.42 Å². The summed E-state index contributed by atoms with van der Waals surface area (Å²) >= 11 is 0. The highest BCUT2D eigenvalue weighted by atomic mass is 16.5. The van der Waals surface area contributed by atoms with E-state index in [2.05, 4.69) is 4.99 Å². The van der Waals surface area contributed by atoms with E-state index in [1.165, 1.54) is 0 Å².